The van der Waals surface area contributed by atoms with Crippen LogP contribution in [0.3, 0.4) is 0 Å². The smallest absolute Gasteiger partial charge is 0.227 e. The van der Waals surface area contributed by atoms with Gasteiger partial charge in [0.1, 0.15) is 5.78 Å². The summed E-state index contributed by atoms with van der Waals surface area (Å²) in [5.74, 6) is 0.370. The molecule has 0 aliphatic carbocycles. The highest BCUT2D eigenvalue weighted by molar-refractivity contribution is 5.83. The van der Waals surface area contributed by atoms with Crippen molar-refractivity contribution in [3.8, 4) is 0 Å². The van der Waals surface area contributed by atoms with Crippen LogP contribution in [0.5, 0.6) is 0 Å². The molecule has 1 aromatic carbocycles. The normalized spacial score (nSPS) is 10.9. The van der Waals surface area contributed by atoms with Crippen molar-refractivity contribution in [3.63, 3.8) is 0 Å². The van der Waals surface area contributed by atoms with E-state index < -0.39 is 0 Å². The molecule has 19 heavy (non-hydrogen) atoms. The lowest BCUT2D eigenvalue weighted by Crippen LogP contribution is -2.25. The first-order valence-electron chi connectivity index (χ1n) is 6.82. The Kier molecular flexibility index (Phi) is 9.41. The van der Waals surface area contributed by atoms with E-state index in [1.54, 1.807) is 14.0 Å². The van der Waals surface area contributed by atoms with Crippen LogP contribution in [0.25, 0.3) is 0 Å². The zero-order valence-corrected chi connectivity index (χ0v) is 12.4. The Labute approximate surface area is 116 Å². The summed E-state index contributed by atoms with van der Waals surface area (Å²) >= 11 is 0. The Hall–Kier alpha value is -1.64. The van der Waals surface area contributed by atoms with Crippen LogP contribution in [0.1, 0.15) is 51.5 Å². The molecule has 0 radical (unpaired) electrons. The summed E-state index contributed by atoms with van der Waals surface area (Å²) in [5.41, 5.74) is 1.11. The predicted molar refractivity (Wildman–Crippen MR) is 79.1 cm³/mol. The number of Topliss-reactive ketones (excluding diaryl/α,β-unsaturated/α-hetero) is 1. The van der Waals surface area contributed by atoms with Crippen LogP contribution >= 0.6 is 0 Å². The van der Waals surface area contributed by atoms with E-state index in [4.69, 9.17) is 0 Å². The molecule has 0 aromatic heterocycles. The van der Waals surface area contributed by atoms with Gasteiger partial charge in [0.25, 0.3) is 0 Å². The van der Waals surface area contributed by atoms with Crippen LogP contribution in [0.15, 0.2) is 30.3 Å². The molecule has 1 aromatic rings. The van der Waals surface area contributed by atoms with Crippen LogP contribution in [0.2, 0.25) is 0 Å². The Morgan fingerprint density at radius 3 is 2.05 bits per heavy atom. The van der Waals surface area contributed by atoms with Gasteiger partial charge in [-0.1, -0.05) is 50.6 Å². The molecule has 0 fully saturated rings. The van der Waals surface area contributed by atoms with E-state index in [1.807, 2.05) is 37.3 Å². The number of likely N-dealkylation sites (N-methyl/N-ethyl adjacent to an activating group) is 1. The van der Waals surface area contributed by atoms with Crippen molar-refractivity contribution in [2.45, 2.75) is 46.0 Å². The second kappa shape index (κ2) is 10.3. The number of hydrogen-bond acceptors (Lipinski definition) is 2. The maximum atomic E-state index is 11.6. The number of ketones is 1. The predicted octanol–water partition coefficient (Wildman–Crippen LogP) is 3.30. The molecule has 0 heterocycles. The van der Waals surface area contributed by atoms with Gasteiger partial charge in [-0.25, -0.2) is 0 Å². The lowest BCUT2D eigenvalue weighted by atomic mass is 9.94. The third-order valence-electron chi connectivity index (χ3n) is 2.84. The number of carbonyl (C=O) groups excluding carboxylic acids is 2. The van der Waals surface area contributed by atoms with Crippen LogP contribution < -0.4 is 5.32 Å². The van der Waals surface area contributed by atoms with Crippen molar-refractivity contribution in [1.29, 1.82) is 0 Å². The van der Waals surface area contributed by atoms with Crippen molar-refractivity contribution in [3.05, 3.63) is 35.9 Å². The zero-order chi connectivity index (χ0) is 14.7. The maximum absolute atomic E-state index is 11.6. The molecule has 1 atom stereocenters. The lowest BCUT2D eigenvalue weighted by molar-refractivity contribution is -0.122. The molecule has 0 saturated carbocycles. The van der Waals surface area contributed by atoms with Gasteiger partial charge >= 0.3 is 0 Å². The zero-order valence-electron chi connectivity index (χ0n) is 12.4. The Bertz CT molecular complexity index is 374. The van der Waals surface area contributed by atoms with Crippen LogP contribution in [0.4, 0.5) is 0 Å². The topological polar surface area (TPSA) is 46.2 Å². The Morgan fingerprint density at radius 2 is 1.68 bits per heavy atom. The molecule has 0 spiro atoms. The Morgan fingerprint density at radius 1 is 1.16 bits per heavy atom. The Balaban J connectivity index is 0.000000555. The molecule has 0 aliphatic rings. The summed E-state index contributed by atoms with van der Waals surface area (Å²) in [5, 5.41) is 2.71. The largest absolute Gasteiger partial charge is 0.359 e. The summed E-state index contributed by atoms with van der Waals surface area (Å²) in [6.07, 6.45) is 2.59. The minimum atomic E-state index is 0.00574. The third kappa shape index (κ3) is 7.39. The molecule has 1 amide bonds. The molecule has 3 nitrogen and oxygen atoms in total. The first-order valence-corrected chi connectivity index (χ1v) is 6.82. The number of rotatable bonds is 5. The summed E-state index contributed by atoms with van der Waals surface area (Å²) in [7, 11) is 1.69. The average molecular weight is 263 g/mol. The van der Waals surface area contributed by atoms with Gasteiger partial charge in [0, 0.05) is 13.5 Å². The number of hydrogen-bond donors (Lipinski definition) is 1. The SMILES string of the molecule is CCC(C)=O.CCCC(C(=O)NC)c1ccccc1. The third-order valence-corrected chi connectivity index (χ3v) is 2.84. The number of amides is 1. The maximum Gasteiger partial charge on any atom is 0.227 e. The fourth-order valence-electron chi connectivity index (χ4n) is 1.60. The average Bonchev–Trinajstić information content (AvgIpc) is 2.45. The van der Waals surface area contributed by atoms with E-state index in [-0.39, 0.29) is 17.6 Å². The number of benzene rings is 1. The summed E-state index contributed by atoms with van der Waals surface area (Å²) in [6.45, 7) is 5.53. The number of carbonyl (C=O) groups is 2. The van der Waals surface area contributed by atoms with E-state index in [0.29, 0.717) is 6.42 Å². The van der Waals surface area contributed by atoms with E-state index in [9.17, 15) is 9.59 Å². The van der Waals surface area contributed by atoms with Crippen LogP contribution in [-0.4, -0.2) is 18.7 Å². The molecular weight excluding hydrogens is 238 g/mol. The summed E-state index contributed by atoms with van der Waals surface area (Å²) in [4.78, 5) is 21.4. The first-order chi connectivity index (χ1) is 9.06. The van der Waals surface area contributed by atoms with Gasteiger partial charge in [-0.05, 0) is 18.9 Å². The monoisotopic (exact) mass is 263 g/mol. The molecule has 1 rings (SSSR count). The van der Waals surface area contributed by atoms with Crippen LogP contribution in [0, 0.1) is 0 Å². The molecule has 106 valence electrons. The molecule has 0 bridgehead atoms. The van der Waals surface area contributed by atoms with Gasteiger partial charge in [0.05, 0.1) is 5.92 Å². The van der Waals surface area contributed by atoms with Gasteiger partial charge in [-0.3, -0.25) is 4.79 Å². The standard InChI is InChI=1S/C12H17NO.C4H8O/c1-3-7-11(12(14)13-2)10-8-5-4-6-9-10;1-3-4(2)5/h4-6,8-9,11H,3,7H2,1-2H3,(H,13,14);3H2,1-2H3. The molecule has 0 aliphatic heterocycles. The van der Waals surface area contributed by atoms with E-state index in [1.165, 1.54) is 0 Å². The lowest BCUT2D eigenvalue weighted by Gasteiger charge is -2.14. The van der Waals surface area contributed by atoms with Crippen LogP contribution in [-0.2, 0) is 9.59 Å². The van der Waals surface area contributed by atoms with Crippen molar-refractivity contribution in [1.82, 2.24) is 5.32 Å². The van der Waals surface area contributed by atoms with Gasteiger partial charge in [-0.2, -0.15) is 0 Å². The van der Waals surface area contributed by atoms with E-state index in [0.717, 1.165) is 18.4 Å². The van der Waals surface area contributed by atoms with Crippen molar-refractivity contribution in [2.75, 3.05) is 7.05 Å². The highest BCUT2D eigenvalue weighted by atomic mass is 16.1. The molecule has 0 saturated heterocycles. The second-order valence-corrected chi connectivity index (χ2v) is 4.42. The highest BCUT2D eigenvalue weighted by Crippen LogP contribution is 2.20. The second-order valence-electron chi connectivity index (χ2n) is 4.42. The number of nitrogens with one attached hydrogen (secondary N) is 1. The first kappa shape index (κ1) is 17.4. The minimum Gasteiger partial charge on any atom is -0.359 e. The van der Waals surface area contributed by atoms with Crippen molar-refractivity contribution in [2.24, 2.45) is 0 Å². The van der Waals surface area contributed by atoms with Crippen molar-refractivity contribution < 1.29 is 9.59 Å². The van der Waals surface area contributed by atoms with Gasteiger partial charge in [0.15, 0.2) is 0 Å². The van der Waals surface area contributed by atoms with Gasteiger partial charge in [-0.15, -0.1) is 0 Å². The molecule has 3 heteroatoms. The fourth-order valence-corrected chi connectivity index (χ4v) is 1.60. The van der Waals surface area contributed by atoms with Gasteiger partial charge < -0.3 is 10.1 Å². The molecule has 1 unspecified atom stereocenters. The summed E-state index contributed by atoms with van der Waals surface area (Å²) in [6, 6.07) is 9.93. The summed E-state index contributed by atoms with van der Waals surface area (Å²) < 4.78 is 0. The minimum absolute atomic E-state index is 0.00574. The quantitative estimate of drug-likeness (QED) is 0.886. The van der Waals surface area contributed by atoms with E-state index in [2.05, 4.69) is 12.2 Å². The molecule has 1 N–H and O–H groups in total. The highest BCUT2D eigenvalue weighted by Gasteiger charge is 2.17. The van der Waals surface area contributed by atoms with E-state index >= 15 is 0 Å². The molecular formula is C16H25NO2. The van der Waals surface area contributed by atoms with Gasteiger partial charge in [0.2, 0.25) is 5.91 Å². The fraction of sp³-hybridized carbons (Fsp3) is 0.500. The van der Waals surface area contributed by atoms with Crippen molar-refractivity contribution >= 4 is 11.7 Å².